The van der Waals surface area contributed by atoms with E-state index in [-0.39, 0.29) is 0 Å². The van der Waals surface area contributed by atoms with Gasteiger partial charge in [0.1, 0.15) is 17.3 Å². The van der Waals surface area contributed by atoms with Crippen LogP contribution in [0.2, 0.25) is 0 Å². The molecule has 16 heavy (non-hydrogen) atoms. The summed E-state index contributed by atoms with van der Waals surface area (Å²) in [6.07, 6.45) is 3.21. The van der Waals surface area contributed by atoms with Crippen molar-refractivity contribution in [1.82, 2.24) is 9.97 Å². The van der Waals surface area contributed by atoms with Gasteiger partial charge >= 0.3 is 0 Å². The van der Waals surface area contributed by atoms with E-state index in [4.69, 9.17) is 10.5 Å². The first kappa shape index (κ1) is 10.4. The Morgan fingerprint density at radius 3 is 2.56 bits per heavy atom. The van der Waals surface area contributed by atoms with Gasteiger partial charge in [0, 0.05) is 18.0 Å². The molecule has 0 aliphatic rings. The molecule has 0 fully saturated rings. The van der Waals surface area contributed by atoms with Crippen molar-refractivity contribution in [2.24, 2.45) is 0 Å². The molecule has 0 unspecified atom stereocenters. The maximum absolute atomic E-state index is 5.77. The molecule has 4 heteroatoms. The van der Waals surface area contributed by atoms with E-state index in [1.807, 2.05) is 25.1 Å². The minimum Gasteiger partial charge on any atom is -0.496 e. The number of nitrogen functional groups attached to an aromatic ring is 1. The summed E-state index contributed by atoms with van der Waals surface area (Å²) in [6.45, 7) is 1.98. The number of hydrogen-bond acceptors (Lipinski definition) is 4. The summed E-state index contributed by atoms with van der Waals surface area (Å²) < 4.78 is 5.20. The highest BCUT2D eigenvalue weighted by Gasteiger charge is 2.06. The standard InChI is InChI=1S/C12H13N3O/c1-8-7-9(3-4-10(8)16-2)11-12(13)15-6-5-14-11/h3-7H,1-2H3,(H2,13,15). The van der Waals surface area contributed by atoms with E-state index >= 15 is 0 Å². The summed E-state index contributed by atoms with van der Waals surface area (Å²) in [6, 6.07) is 5.81. The second-order valence-corrected chi connectivity index (χ2v) is 3.47. The number of hydrogen-bond donors (Lipinski definition) is 1. The minimum absolute atomic E-state index is 0.437. The normalized spacial score (nSPS) is 10.1. The summed E-state index contributed by atoms with van der Waals surface area (Å²) in [5.41, 5.74) is 8.46. The fraction of sp³-hybridized carbons (Fsp3) is 0.167. The zero-order valence-corrected chi connectivity index (χ0v) is 9.27. The monoisotopic (exact) mass is 215 g/mol. The quantitative estimate of drug-likeness (QED) is 0.832. The Labute approximate surface area is 94.1 Å². The number of methoxy groups -OCH3 is 1. The lowest BCUT2D eigenvalue weighted by atomic mass is 10.1. The van der Waals surface area contributed by atoms with Crippen molar-refractivity contribution in [3.8, 4) is 17.0 Å². The number of aromatic nitrogens is 2. The van der Waals surface area contributed by atoms with E-state index in [1.54, 1.807) is 19.5 Å². The number of rotatable bonds is 2. The Morgan fingerprint density at radius 2 is 1.94 bits per heavy atom. The van der Waals surface area contributed by atoms with Crippen LogP contribution in [0.5, 0.6) is 5.75 Å². The first-order valence-corrected chi connectivity index (χ1v) is 4.94. The highest BCUT2D eigenvalue weighted by molar-refractivity contribution is 5.70. The van der Waals surface area contributed by atoms with E-state index in [0.717, 1.165) is 16.9 Å². The first-order chi connectivity index (χ1) is 7.72. The summed E-state index contributed by atoms with van der Waals surface area (Å²) >= 11 is 0. The van der Waals surface area contributed by atoms with Crippen molar-refractivity contribution in [2.45, 2.75) is 6.92 Å². The van der Waals surface area contributed by atoms with Gasteiger partial charge in [-0.25, -0.2) is 4.98 Å². The smallest absolute Gasteiger partial charge is 0.149 e. The predicted molar refractivity (Wildman–Crippen MR) is 63.2 cm³/mol. The third-order valence-corrected chi connectivity index (χ3v) is 2.39. The van der Waals surface area contributed by atoms with Crippen molar-refractivity contribution < 1.29 is 4.74 Å². The van der Waals surface area contributed by atoms with Gasteiger partial charge in [0.25, 0.3) is 0 Å². The second kappa shape index (κ2) is 4.18. The summed E-state index contributed by atoms with van der Waals surface area (Å²) in [7, 11) is 1.65. The molecule has 1 aromatic heterocycles. The van der Waals surface area contributed by atoms with Gasteiger partial charge in [-0.3, -0.25) is 4.98 Å². The molecule has 0 saturated heterocycles. The third kappa shape index (κ3) is 1.82. The van der Waals surface area contributed by atoms with Gasteiger partial charge in [0.15, 0.2) is 0 Å². The van der Waals surface area contributed by atoms with Crippen LogP contribution >= 0.6 is 0 Å². The van der Waals surface area contributed by atoms with Crippen molar-refractivity contribution >= 4 is 5.82 Å². The van der Waals surface area contributed by atoms with Gasteiger partial charge in [-0.2, -0.15) is 0 Å². The summed E-state index contributed by atoms with van der Waals surface area (Å²) in [5.74, 6) is 1.29. The molecule has 0 aliphatic heterocycles. The fourth-order valence-corrected chi connectivity index (χ4v) is 1.60. The maximum Gasteiger partial charge on any atom is 0.149 e. The van der Waals surface area contributed by atoms with Crippen LogP contribution in [0.1, 0.15) is 5.56 Å². The van der Waals surface area contributed by atoms with Crippen LogP contribution in [-0.2, 0) is 0 Å². The lowest BCUT2D eigenvalue weighted by Gasteiger charge is -2.07. The van der Waals surface area contributed by atoms with Crippen LogP contribution in [0.15, 0.2) is 30.6 Å². The molecule has 2 N–H and O–H groups in total. The Kier molecular flexibility index (Phi) is 2.72. The second-order valence-electron chi connectivity index (χ2n) is 3.47. The number of benzene rings is 1. The van der Waals surface area contributed by atoms with Gasteiger partial charge in [-0.1, -0.05) is 0 Å². The van der Waals surface area contributed by atoms with Crippen LogP contribution in [0.25, 0.3) is 11.3 Å². The van der Waals surface area contributed by atoms with Gasteiger partial charge in [-0.15, -0.1) is 0 Å². The van der Waals surface area contributed by atoms with E-state index in [2.05, 4.69) is 9.97 Å². The van der Waals surface area contributed by atoms with Crippen LogP contribution in [0.3, 0.4) is 0 Å². The largest absolute Gasteiger partial charge is 0.496 e. The number of nitrogens with two attached hydrogens (primary N) is 1. The van der Waals surface area contributed by atoms with E-state index in [9.17, 15) is 0 Å². The molecule has 0 radical (unpaired) electrons. The lowest BCUT2D eigenvalue weighted by molar-refractivity contribution is 0.412. The Morgan fingerprint density at radius 1 is 1.19 bits per heavy atom. The Bertz CT molecular complexity index is 511. The van der Waals surface area contributed by atoms with Crippen LogP contribution < -0.4 is 10.5 Å². The molecule has 82 valence electrons. The molecule has 1 heterocycles. The van der Waals surface area contributed by atoms with Crippen molar-refractivity contribution in [2.75, 3.05) is 12.8 Å². The van der Waals surface area contributed by atoms with Crippen LogP contribution in [0, 0.1) is 6.92 Å². The van der Waals surface area contributed by atoms with Gasteiger partial charge in [0.05, 0.1) is 7.11 Å². The number of anilines is 1. The van der Waals surface area contributed by atoms with E-state index in [1.165, 1.54) is 0 Å². The average molecular weight is 215 g/mol. The highest BCUT2D eigenvalue weighted by atomic mass is 16.5. The van der Waals surface area contributed by atoms with Crippen molar-refractivity contribution in [3.63, 3.8) is 0 Å². The average Bonchev–Trinajstić information content (AvgIpc) is 2.29. The van der Waals surface area contributed by atoms with Crippen LogP contribution in [-0.4, -0.2) is 17.1 Å². The van der Waals surface area contributed by atoms with Crippen molar-refractivity contribution in [1.29, 1.82) is 0 Å². The molecule has 0 atom stereocenters. The van der Waals surface area contributed by atoms with Crippen LogP contribution in [0.4, 0.5) is 5.82 Å². The topological polar surface area (TPSA) is 61.0 Å². The fourth-order valence-electron chi connectivity index (χ4n) is 1.60. The number of ether oxygens (including phenoxy) is 1. The zero-order valence-electron chi connectivity index (χ0n) is 9.27. The highest BCUT2D eigenvalue weighted by Crippen LogP contribution is 2.26. The van der Waals surface area contributed by atoms with Gasteiger partial charge in [-0.05, 0) is 30.7 Å². The molecule has 0 amide bonds. The molecule has 1 aromatic carbocycles. The Hall–Kier alpha value is -2.10. The third-order valence-electron chi connectivity index (χ3n) is 2.39. The minimum atomic E-state index is 0.437. The molecule has 0 spiro atoms. The molecule has 0 saturated carbocycles. The van der Waals surface area contributed by atoms with Gasteiger partial charge < -0.3 is 10.5 Å². The molecular formula is C12H13N3O. The molecule has 0 bridgehead atoms. The van der Waals surface area contributed by atoms with E-state index in [0.29, 0.717) is 11.5 Å². The first-order valence-electron chi connectivity index (χ1n) is 4.94. The number of aryl methyl sites for hydroxylation is 1. The molecule has 4 nitrogen and oxygen atoms in total. The maximum atomic E-state index is 5.77. The van der Waals surface area contributed by atoms with E-state index < -0.39 is 0 Å². The zero-order chi connectivity index (χ0) is 11.5. The molecular weight excluding hydrogens is 202 g/mol. The molecule has 0 aliphatic carbocycles. The molecule has 2 aromatic rings. The van der Waals surface area contributed by atoms with Crippen molar-refractivity contribution in [3.05, 3.63) is 36.2 Å². The predicted octanol–water partition coefficient (Wildman–Crippen LogP) is 2.04. The number of nitrogens with zero attached hydrogens (tertiary/aromatic N) is 2. The van der Waals surface area contributed by atoms with Gasteiger partial charge in [0.2, 0.25) is 0 Å². The lowest BCUT2D eigenvalue weighted by Crippen LogP contribution is -1.96. The Balaban J connectivity index is 2.50. The molecule has 2 rings (SSSR count). The summed E-state index contributed by atoms with van der Waals surface area (Å²) in [5, 5.41) is 0. The SMILES string of the molecule is COc1ccc(-c2nccnc2N)cc1C. The summed E-state index contributed by atoms with van der Waals surface area (Å²) in [4.78, 5) is 8.23.